The van der Waals surface area contributed by atoms with Gasteiger partial charge in [-0.25, -0.2) is 9.59 Å². The number of ether oxygens (including phenoxy) is 2. The van der Waals surface area contributed by atoms with Gasteiger partial charge < -0.3 is 30.7 Å². The highest BCUT2D eigenvalue weighted by Gasteiger charge is 2.65. The fourth-order valence-electron chi connectivity index (χ4n) is 5.17. The molecular weight excluding hydrogens is 528 g/mol. The SMILES string of the molecule is CC1(C)S[C@@H]2C(N)C(=O)N2[C@H]1C(=O)OC(OC(=O)[C@@H]1N2C(=O)C(N)[C@H]2SC1(C)C)c1ccc(Cl)cc1. The Labute approximate surface area is 221 Å². The number of amides is 2. The van der Waals surface area contributed by atoms with Crippen LogP contribution in [0.1, 0.15) is 39.5 Å². The standard InChI is InChI=1S/C23H27ClN4O6S2/c1-22(2)13(27-15(29)11(25)17(27)35-22)19(31)33-21(9-5-7-10(24)8-6-9)34-20(32)14-23(3,4)36-18-12(26)16(30)28(14)18/h5-8,11-14,17-18,21H,25-26H2,1-4H3/t11?,12?,13-,14-,17+,18+,21?/m0/s1. The van der Waals surface area contributed by atoms with Crippen molar-refractivity contribution in [3.05, 3.63) is 34.9 Å². The van der Waals surface area contributed by atoms with Crippen LogP contribution in [0.2, 0.25) is 5.02 Å². The van der Waals surface area contributed by atoms with Crippen LogP contribution in [0.15, 0.2) is 24.3 Å². The molecule has 0 radical (unpaired) electrons. The maximum atomic E-state index is 13.4. The molecule has 4 fully saturated rings. The number of nitrogens with two attached hydrogens (primary N) is 2. The van der Waals surface area contributed by atoms with Gasteiger partial charge in [-0.05, 0) is 39.8 Å². The van der Waals surface area contributed by atoms with E-state index in [1.54, 1.807) is 24.3 Å². The van der Waals surface area contributed by atoms with E-state index in [0.29, 0.717) is 10.6 Å². The molecule has 0 bridgehead atoms. The van der Waals surface area contributed by atoms with Crippen LogP contribution in [-0.4, -0.2) is 78.0 Å². The second-order valence-corrected chi connectivity index (χ2v) is 14.3. The Morgan fingerprint density at radius 1 is 0.861 bits per heavy atom. The average Bonchev–Trinajstić information content (AvgIpc) is 3.23. The Hall–Kier alpha value is -1.99. The molecule has 1 aromatic carbocycles. The molecule has 1 aromatic rings. The molecule has 2 unspecified atom stereocenters. The van der Waals surface area contributed by atoms with Gasteiger partial charge in [0.05, 0.1) is 0 Å². The molecule has 194 valence electrons. The predicted octanol–water partition coefficient (Wildman–Crippen LogP) is 1.20. The number of hydrogen-bond donors (Lipinski definition) is 2. The molecule has 2 amide bonds. The number of thioether (sulfide) groups is 2. The first kappa shape index (κ1) is 25.7. The molecule has 4 aliphatic rings. The van der Waals surface area contributed by atoms with Crippen molar-refractivity contribution >= 4 is 58.9 Å². The summed E-state index contributed by atoms with van der Waals surface area (Å²) in [7, 11) is 0. The summed E-state index contributed by atoms with van der Waals surface area (Å²) < 4.78 is 10.2. The lowest BCUT2D eigenvalue weighted by molar-refractivity contribution is -0.201. The van der Waals surface area contributed by atoms with Crippen LogP contribution in [0.3, 0.4) is 0 Å². The largest absolute Gasteiger partial charge is 0.419 e. The maximum absolute atomic E-state index is 13.4. The summed E-state index contributed by atoms with van der Waals surface area (Å²) in [6.45, 7) is 7.34. The first-order chi connectivity index (χ1) is 16.7. The lowest BCUT2D eigenvalue weighted by Crippen LogP contribution is -2.69. The van der Waals surface area contributed by atoms with Crippen molar-refractivity contribution in [3.8, 4) is 0 Å². The molecule has 0 spiro atoms. The molecule has 5 rings (SSSR count). The molecule has 0 saturated carbocycles. The summed E-state index contributed by atoms with van der Waals surface area (Å²) >= 11 is 8.88. The van der Waals surface area contributed by atoms with Gasteiger partial charge in [0.25, 0.3) is 6.29 Å². The Balaban J connectivity index is 1.40. The molecule has 4 N–H and O–H groups in total. The summed E-state index contributed by atoms with van der Waals surface area (Å²) in [5, 5.41) is -0.198. The van der Waals surface area contributed by atoms with E-state index in [1.807, 2.05) is 27.7 Å². The van der Waals surface area contributed by atoms with Crippen molar-refractivity contribution in [2.24, 2.45) is 11.5 Å². The van der Waals surface area contributed by atoms with E-state index < -0.39 is 51.9 Å². The van der Waals surface area contributed by atoms with E-state index in [2.05, 4.69) is 0 Å². The molecule has 10 nitrogen and oxygen atoms in total. The number of benzene rings is 1. The van der Waals surface area contributed by atoms with Crippen LogP contribution in [0.5, 0.6) is 0 Å². The van der Waals surface area contributed by atoms with Crippen LogP contribution in [0.4, 0.5) is 0 Å². The zero-order valence-electron chi connectivity index (χ0n) is 20.0. The minimum Gasteiger partial charge on any atom is -0.419 e. The minimum atomic E-state index is -1.42. The highest BCUT2D eigenvalue weighted by molar-refractivity contribution is 8.02. The number of esters is 2. The summed E-state index contributed by atoms with van der Waals surface area (Å²) in [5.41, 5.74) is 12.2. The minimum absolute atomic E-state index is 0.323. The maximum Gasteiger partial charge on any atom is 0.333 e. The van der Waals surface area contributed by atoms with Gasteiger partial charge in [0.15, 0.2) is 0 Å². The molecule has 36 heavy (non-hydrogen) atoms. The van der Waals surface area contributed by atoms with Gasteiger partial charge in [0.1, 0.15) is 34.9 Å². The summed E-state index contributed by atoms with van der Waals surface area (Å²) in [5.74, 6) is -2.10. The normalized spacial score (nSPS) is 34.3. The number of β-lactam (4-membered cyclic amide) rings is 2. The van der Waals surface area contributed by atoms with E-state index in [1.165, 1.54) is 33.3 Å². The van der Waals surface area contributed by atoms with Crippen LogP contribution in [0.25, 0.3) is 0 Å². The number of hydrogen-bond acceptors (Lipinski definition) is 10. The topological polar surface area (TPSA) is 145 Å². The van der Waals surface area contributed by atoms with Gasteiger partial charge >= 0.3 is 11.9 Å². The van der Waals surface area contributed by atoms with Gasteiger partial charge in [0, 0.05) is 20.1 Å². The van der Waals surface area contributed by atoms with Crippen molar-refractivity contribution in [3.63, 3.8) is 0 Å². The van der Waals surface area contributed by atoms with Crippen LogP contribution in [0, 0.1) is 0 Å². The Morgan fingerprint density at radius 2 is 1.25 bits per heavy atom. The van der Waals surface area contributed by atoms with Gasteiger partial charge in [-0.3, -0.25) is 9.59 Å². The van der Waals surface area contributed by atoms with Gasteiger partial charge in [-0.15, -0.1) is 23.5 Å². The smallest absolute Gasteiger partial charge is 0.333 e. The van der Waals surface area contributed by atoms with E-state index in [4.69, 9.17) is 32.5 Å². The van der Waals surface area contributed by atoms with Crippen LogP contribution >= 0.6 is 35.1 Å². The van der Waals surface area contributed by atoms with Crippen LogP contribution < -0.4 is 11.5 Å². The molecule has 0 aliphatic carbocycles. The molecule has 4 heterocycles. The van der Waals surface area contributed by atoms with Gasteiger partial charge in [0.2, 0.25) is 11.8 Å². The van der Waals surface area contributed by atoms with Crippen molar-refractivity contribution in [1.82, 2.24) is 9.80 Å². The van der Waals surface area contributed by atoms with Gasteiger partial charge in [-0.2, -0.15) is 0 Å². The lowest BCUT2D eigenvalue weighted by Gasteiger charge is -2.42. The van der Waals surface area contributed by atoms with E-state index in [9.17, 15) is 19.2 Å². The molecule has 0 aromatic heterocycles. The summed E-state index contributed by atoms with van der Waals surface area (Å²) in [6, 6.07) is 3.16. The molecule has 4 aliphatic heterocycles. The third-order valence-electron chi connectivity index (χ3n) is 7.00. The number of nitrogens with zero attached hydrogens (tertiary/aromatic N) is 2. The third-order valence-corrected chi connectivity index (χ3v) is 10.4. The summed E-state index contributed by atoms with van der Waals surface area (Å²) in [6.07, 6.45) is -1.42. The second kappa shape index (κ2) is 8.52. The molecule has 4 saturated heterocycles. The number of carbonyl (C=O) groups excluding carboxylic acids is 4. The van der Waals surface area contributed by atoms with Crippen LogP contribution in [-0.2, 0) is 28.7 Å². The first-order valence-corrected chi connectivity index (χ1v) is 13.6. The second-order valence-electron chi connectivity index (χ2n) is 10.3. The molecule has 6 atom stereocenters. The number of fused-ring (bicyclic) bond motifs is 2. The quantitative estimate of drug-likeness (QED) is 0.309. The zero-order chi connectivity index (χ0) is 26.3. The van der Waals surface area contributed by atoms with E-state index in [-0.39, 0.29) is 22.6 Å². The highest BCUT2D eigenvalue weighted by Crippen LogP contribution is 2.52. The zero-order valence-corrected chi connectivity index (χ0v) is 22.4. The highest BCUT2D eigenvalue weighted by atomic mass is 35.5. The monoisotopic (exact) mass is 554 g/mol. The van der Waals surface area contributed by atoms with Crippen molar-refractivity contribution in [1.29, 1.82) is 0 Å². The third kappa shape index (κ3) is 3.80. The number of rotatable bonds is 5. The number of halogens is 1. The lowest BCUT2D eigenvalue weighted by atomic mass is 9.96. The van der Waals surface area contributed by atoms with Crippen molar-refractivity contribution in [2.45, 2.75) is 78.4 Å². The first-order valence-electron chi connectivity index (χ1n) is 11.4. The number of carbonyl (C=O) groups is 4. The fraction of sp³-hybridized carbons (Fsp3) is 0.565. The Bertz CT molecular complexity index is 1080. The molecular formula is C23H27ClN4O6S2. The fourth-order valence-corrected chi connectivity index (χ4v) is 8.42. The Morgan fingerprint density at radius 3 is 1.64 bits per heavy atom. The predicted molar refractivity (Wildman–Crippen MR) is 135 cm³/mol. The molecule has 13 heteroatoms. The Kier molecular flexibility index (Phi) is 6.07. The van der Waals surface area contributed by atoms with E-state index >= 15 is 0 Å². The van der Waals surface area contributed by atoms with Crippen molar-refractivity contribution in [2.75, 3.05) is 0 Å². The average molecular weight is 555 g/mol. The van der Waals surface area contributed by atoms with Crippen molar-refractivity contribution < 1.29 is 28.7 Å². The van der Waals surface area contributed by atoms with Gasteiger partial charge in [-0.1, -0.05) is 23.7 Å². The summed E-state index contributed by atoms with van der Waals surface area (Å²) in [4.78, 5) is 54.6. The van der Waals surface area contributed by atoms with E-state index in [0.717, 1.165) is 0 Å².